The average Bonchev–Trinajstić information content (AvgIpc) is 2.92. The Morgan fingerprint density at radius 3 is 3.00 bits per heavy atom. The van der Waals surface area contributed by atoms with Crippen LogP contribution in [0, 0.1) is 3.70 Å². The largest absolute Gasteiger partial charge is 0.489 e. The Balaban J connectivity index is 2.20. The Hall–Kier alpha value is -0.650. The predicted molar refractivity (Wildman–Crippen MR) is 56.0 cm³/mol. The Morgan fingerprint density at radius 1 is 1.62 bits per heavy atom. The fraction of sp³-hybridized carbons (Fsp3) is 0.333. The summed E-state index contributed by atoms with van der Waals surface area (Å²) in [5.41, 5.74) is 0.596. The minimum Gasteiger partial charge on any atom is -0.489 e. The van der Waals surface area contributed by atoms with Crippen molar-refractivity contribution < 1.29 is 9.53 Å². The van der Waals surface area contributed by atoms with E-state index in [1.54, 1.807) is 12.3 Å². The number of carbonyl (C=O) groups excluding carboxylic acids is 1. The molecule has 0 radical (unpaired) electrons. The van der Waals surface area contributed by atoms with Gasteiger partial charge >= 0.3 is 0 Å². The third-order valence-electron chi connectivity index (χ3n) is 1.80. The second-order valence-electron chi connectivity index (χ2n) is 2.99. The standard InChI is InChI=1S/C9H8INO2/c10-9-6(5-12)3-8(4-11-9)13-7-1-2-7/h3-5,7H,1-2H2. The van der Waals surface area contributed by atoms with Crippen LogP contribution in [-0.2, 0) is 0 Å². The molecule has 1 aromatic heterocycles. The summed E-state index contributed by atoms with van der Waals surface area (Å²) in [6, 6.07) is 1.74. The van der Waals surface area contributed by atoms with Gasteiger partial charge in [0.2, 0.25) is 0 Å². The minimum atomic E-state index is 0.348. The van der Waals surface area contributed by atoms with Gasteiger partial charge in [0.1, 0.15) is 9.45 Å². The third kappa shape index (κ3) is 2.18. The van der Waals surface area contributed by atoms with Gasteiger partial charge in [0, 0.05) is 5.56 Å². The Morgan fingerprint density at radius 2 is 2.38 bits per heavy atom. The van der Waals surface area contributed by atoms with Gasteiger partial charge < -0.3 is 4.74 Å². The zero-order valence-electron chi connectivity index (χ0n) is 6.87. The van der Waals surface area contributed by atoms with E-state index in [0.29, 0.717) is 17.4 Å². The zero-order chi connectivity index (χ0) is 9.26. The number of hydrogen-bond acceptors (Lipinski definition) is 3. The molecule has 3 nitrogen and oxygen atoms in total. The van der Waals surface area contributed by atoms with Gasteiger partial charge in [0.25, 0.3) is 0 Å². The van der Waals surface area contributed by atoms with Gasteiger partial charge in [-0.1, -0.05) is 0 Å². The third-order valence-corrected chi connectivity index (χ3v) is 2.70. The van der Waals surface area contributed by atoms with Gasteiger partial charge in [-0.2, -0.15) is 0 Å². The van der Waals surface area contributed by atoms with Crippen molar-refractivity contribution in [1.82, 2.24) is 4.98 Å². The van der Waals surface area contributed by atoms with E-state index in [0.717, 1.165) is 22.8 Å². The average molecular weight is 289 g/mol. The summed E-state index contributed by atoms with van der Waals surface area (Å²) in [6.07, 6.45) is 5.04. The van der Waals surface area contributed by atoms with Crippen molar-refractivity contribution in [3.05, 3.63) is 21.5 Å². The first kappa shape index (κ1) is 8.93. The van der Waals surface area contributed by atoms with Gasteiger partial charge in [0.15, 0.2) is 6.29 Å². The molecule has 13 heavy (non-hydrogen) atoms. The van der Waals surface area contributed by atoms with Crippen LogP contribution < -0.4 is 4.74 Å². The number of hydrogen-bond donors (Lipinski definition) is 0. The first-order valence-electron chi connectivity index (χ1n) is 4.07. The molecule has 1 aliphatic carbocycles. The number of carbonyl (C=O) groups is 1. The lowest BCUT2D eigenvalue weighted by Gasteiger charge is -2.04. The summed E-state index contributed by atoms with van der Waals surface area (Å²) in [5.74, 6) is 0.699. The number of ether oxygens (including phenoxy) is 1. The Bertz CT molecular complexity index is 336. The van der Waals surface area contributed by atoms with Crippen molar-refractivity contribution in [2.24, 2.45) is 0 Å². The molecule has 0 unspecified atom stereocenters. The second-order valence-corrected chi connectivity index (χ2v) is 4.01. The predicted octanol–water partition coefficient (Wildman–Crippen LogP) is 2.04. The van der Waals surface area contributed by atoms with Crippen LogP contribution in [0.25, 0.3) is 0 Å². The highest BCUT2D eigenvalue weighted by Crippen LogP contribution is 2.27. The fourth-order valence-corrected chi connectivity index (χ4v) is 1.39. The first-order chi connectivity index (χ1) is 6.29. The lowest BCUT2D eigenvalue weighted by molar-refractivity contribution is 0.112. The van der Waals surface area contributed by atoms with Crippen molar-refractivity contribution in [1.29, 1.82) is 0 Å². The quantitative estimate of drug-likeness (QED) is 0.485. The lowest BCUT2D eigenvalue weighted by Crippen LogP contribution is -1.99. The molecule has 1 aliphatic rings. The molecular formula is C9H8INO2. The molecule has 0 amide bonds. The van der Waals surface area contributed by atoms with Crippen LogP contribution in [0.2, 0.25) is 0 Å². The summed E-state index contributed by atoms with van der Waals surface area (Å²) in [4.78, 5) is 14.6. The van der Waals surface area contributed by atoms with E-state index in [-0.39, 0.29) is 0 Å². The van der Waals surface area contributed by atoms with Crippen molar-refractivity contribution in [3.8, 4) is 5.75 Å². The SMILES string of the molecule is O=Cc1cc(OC2CC2)cnc1I. The van der Waals surface area contributed by atoms with Crippen molar-refractivity contribution in [3.63, 3.8) is 0 Å². The van der Waals surface area contributed by atoms with E-state index in [2.05, 4.69) is 4.98 Å². The molecule has 0 saturated heterocycles. The van der Waals surface area contributed by atoms with E-state index in [9.17, 15) is 4.79 Å². The number of rotatable bonds is 3. The summed E-state index contributed by atoms with van der Waals surface area (Å²) in [7, 11) is 0. The van der Waals surface area contributed by atoms with Gasteiger partial charge in [-0.15, -0.1) is 0 Å². The number of nitrogens with zero attached hydrogens (tertiary/aromatic N) is 1. The Labute approximate surface area is 89.6 Å². The van der Waals surface area contributed by atoms with Crippen LogP contribution in [0.4, 0.5) is 0 Å². The van der Waals surface area contributed by atoms with Crippen LogP contribution in [0.3, 0.4) is 0 Å². The van der Waals surface area contributed by atoms with Crippen LogP contribution >= 0.6 is 22.6 Å². The van der Waals surface area contributed by atoms with Crippen molar-refractivity contribution in [2.75, 3.05) is 0 Å². The molecule has 2 rings (SSSR count). The second kappa shape index (κ2) is 3.61. The number of aldehydes is 1. The molecule has 68 valence electrons. The van der Waals surface area contributed by atoms with Gasteiger partial charge in [0.05, 0.1) is 12.3 Å². The van der Waals surface area contributed by atoms with Crippen LogP contribution in [0.15, 0.2) is 12.3 Å². The topological polar surface area (TPSA) is 39.2 Å². The molecule has 0 spiro atoms. The maximum atomic E-state index is 10.6. The molecular weight excluding hydrogens is 281 g/mol. The molecule has 1 heterocycles. The molecule has 0 aliphatic heterocycles. The fourth-order valence-electron chi connectivity index (χ4n) is 0.970. The minimum absolute atomic E-state index is 0.348. The number of halogens is 1. The summed E-state index contributed by atoms with van der Waals surface area (Å²) < 4.78 is 6.22. The first-order valence-corrected chi connectivity index (χ1v) is 5.15. The number of aromatic nitrogens is 1. The van der Waals surface area contributed by atoms with E-state index in [4.69, 9.17) is 4.74 Å². The van der Waals surface area contributed by atoms with E-state index in [1.165, 1.54) is 0 Å². The summed E-state index contributed by atoms with van der Waals surface area (Å²) >= 11 is 2.03. The molecule has 0 aromatic carbocycles. The van der Waals surface area contributed by atoms with Gasteiger partial charge in [-0.3, -0.25) is 4.79 Å². The Kier molecular flexibility index (Phi) is 2.48. The lowest BCUT2D eigenvalue weighted by atomic mass is 10.3. The molecule has 1 saturated carbocycles. The molecule has 1 fully saturated rings. The highest BCUT2D eigenvalue weighted by Gasteiger charge is 2.23. The highest BCUT2D eigenvalue weighted by molar-refractivity contribution is 14.1. The maximum Gasteiger partial charge on any atom is 0.152 e. The molecule has 0 atom stereocenters. The molecule has 4 heteroatoms. The molecule has 0 N–H and O–H groups in total. The zero-order valence-corrected chi connectivity index (χ0v) is 9.02. The van der Waals surface area contributed by atoms with Crippen LogP contribution in [0.5, 0.6) is 5.75 Å². The molecule has 1 aromatic rings. The smallest absolute Gasteiger partial charge is 0.152 e. The van der Waals surface area contributed by atoms with Crippen LogP contribution in [0.1, 0.15) is 23.2 Å². The van der Waals surface area contributed by atoms with E-state index in [1.807, 2.05) is 22.6 Å². The van der Waals surface area contributed by atoms with E-state index >= 15 is 0 Å². The van der Waals surface area contributed by atoms with E-state index < -0.39 is 0 Å². The van der Waals surface area contributed by atoms with Crippen molar-refractivity contribution >= 4 is 28.9 Å². The summed E-state index contributed by atoms with van der Waals surface area (Å²) in [6.45, 7) is 0. The summed E-state index contributed by atoms with van der Waals surface area (Å²) in [5, 5.41) is 0. The normalized spacial score (nSPS) is 15.5. The molecule has 0 bridgehead atoms. The van der Waals surface area contributed by atoms with Gasteiger partial charge in [-0.05, 0) is 41.5 Å². The maximum absolute atomic E-state index is 10.6. The number of pyridine rings is 1. The highest BCUT2D eigenvalue weighted by atomic mass is 127. The van der Waals surface area contributed by atoms with Gasteiger partial charge in [-0.25, -0.2) is 4.98 Å². The van der Waals surface area contributed by atoms with Crippen molar-refractivity contribution in [2.45, 2.75) is 18.9 Å². The van der Waals surface area contributed by atoms with Crippen LogP contribution in [-0.4, -0.2) is 17.4 Å². The monoisotopic (exact) mass is 289 g/mol.